The maximum absolute atomic E-state index is 9.84. The zero-order valence-electron chi connectivity index (χ0n) is 12.0. The van der Waals surface area contributed by atoms with Gasteiger partial charge in [0.25, 0.3) is 0 Å². The van der Waals surface area contributed by atoms with E-state index in [1.54, 1.807) is 0 Å². The molecule has 2 N–H and O–H groups in total. The number of para-hydroxylation sites is 1. The van der Waals surface area contributed by atoms with Gasteiger partial charge < -0.3 is 10.4 Å². The Morgan fingerprint density at radius 3 is 2.95 bits per heavy atom. The molecule has 1 saturated carbocycles. The predicted molar refractivity (Wildman–Crippen MR) is 82.8 cm³/mol. The molecule has 1 aliphatic rings. The van der Waals surface area contributed by atoms with Crippen LogP contribution in [0.2, 0.25) is 0 Å². The molecule has 0 aliphatic heterocycles. The van der Waals surface area contributed by atoms with E-state index in [1.807, 2.05) is 24.3 Å². The summed E-state index contributed by atoms with van der Waals surface area (Å²) < 4.78 is 0. The highest BCUT2D eigenvalue weighted by Crippen LogP contribution is 2.34. The number of anilines is 1. The average molecular weight is 270 g/mol. The Morgan fingerprint density at radius 2 is 2.15 bits per heavy atom. The molecule has 2 aromatic rings. The number of nitrogens with one attached hydrogen (secondary N) is 1. The second kappa shape index (κ2) is 5.41. The van der Waals surface area contributed by atoms with Gasteiger partial charge in [-0.25, -0.2) is 4.98 Å². The number of hydrogen-bond donors (Lipinski definition) is 2. The molecule has 0 amide bonds. The van der Waals surface area contributed by atoms with Gasteiger partial charge in [-0.15, -0.1) is 0 Å². The third kappa shape index (κ3) is 2.63. The first-order valence-electron chi connectivity index (χ1n) is 7.46. The van der Waals surface area contributed by atoms with E-state index in [-0.39, 0.29) is 12.1 Å². The Kier molecular flexibility index (Phi) is 3.62. The van der Waals surface area contributed by atoms with Crippen molar-refractivity contribution < 1.29 is 5.11 Å². The number of aliphatic hydroxyl groups is 1. The van der Waals surface area contributed by atoms with Gasteiger partial charge in [-0.05, 0) is 37.0 Å². The van der Waals surface area contributed by atoms with Crippen molar-refractivity contribution in [3.8, 4) is 0 Å². The Balaban J connectivity index is 1.87. The largest absolute Gasteiger partial charge is 0.394 e. The van der Waals surface area contributed by atoms with Gasteiger partial charge in [0.2, 0.25) is 0 Å². The smallest absolute Gasteiger partial charge is 0.127 e. The number of aliphatic hydroxyl groups excluding tert-OH is 1. The third-order valence-corrected chi connectivity index (χ3v) is 4.39. The summed E-state index contributed by atoms with van der Waals surface area (Å²) in [5.41, 5.74) is 0.794. The third-order valence-electron chi connectivity index (χ3n) is 4.39. The first-order chi connectivity index (χ1) is 9.71. The Hall–Kier alpha value is -1.61. The maximum Gasteiger partial charge on any atom is 0.127 e. The van der Waals surface area contributed by atoms with Gasteiger partial charge in [-0.2, -0.15) is 0 Å². The van der Waals surface area contributed by atoms with E-state index in [2.05, 4.69) is 29.4 Å². The van der Waals surface area contributed by atoms with Crippen LogP contribution in [0.5, 0.6) is 0 Å². The number of hydrogen-bond acceptors (Lipinski definition) is 3. The van der Waals surface area contributed by atoms with Gasteiger partial charge in [-0.3, -0.25) is 0 Å². The highest BCUT2D eigenvalue weighted by molar-refractivity contribution is 5.80. The SMILES string of the molecule is CC1CCCC(CO)(Nc2ccc3ccccc3n2)C1. The van der Waals surface area contributed by atoms with Gasteiger partial charge in [0.1, 0.15) is 5.82 Å². The lowest BCUT2D eigenvalue weighted by Gasteiger charge is -2.39. The highest BCUT2D eigenvalue weighted by atomic mass is 16.3. The Morgan fingerprint density at radius 1 is 1.30 bits per heavy atom. The fraction of sp³-hybridized carbons (Fsp3) is 0.471. The maximum atomic E-state index is 9.84. The fourth-order valence-electron chi connectivity index (χ4n) is 3.36. The highest BCUT2D eigenvalue weighted by Gasteiger charge is 2.34. The topological polar surface area (TPSA) is 45.1 Å². The van der Waals surface area contributed by atoms with Crippen LogP contribution in [-0.4, -0.2) is 22.2 Å². The van der Waals surface area contributed by atoms with Crippen LogP contribution in [0, 0.1) is 5.92 Å². The molecular weight excluding hydrogens is 248 g/mol. The summed E-state index contributed by atoms with van der Waals surface area (Å²) in [6, 6.07) is 12.2. The fourth-order valence-corrected chi connectivity index (χ4v) is 3.36. The van der Waals surface area contributed by atoms with Crippen LogP contribution >= 0.6 is 0 Å². The molecule has 3 heteroatoms. The summed E-state index contributed by atoms with van der Waals surface area (Å²) in [5.74, 6) is 1.52. The summed E-state index contributed by atoms with van der Waals surface area (Å²) in [4.78, 5) is 4.67. The Labute approximate surface area is 120 Å². The summed E-state index contributed by atoms with van der Waals surface area (Å²) in [6.45, 7) is 2.44. The van der Waals surface area contributed by atoms with E-state index in [9.17, 15) is 5.11 Å². The molecule has 0 saturated heterocycles. The minimum atomic E-state index is -0.201. The van der Waals surface area contributed by atoms with Crippen molar-refractivity contribution in [3.05, 3.63) is 36.4 Å². The Bertz CT molecular complexity index is 598. The molecule has 0 spiro atoms. The number of pyridine rings is 1. The molecule has 0 radical (unpaired) electrons. The minimum Gasteiger partial charge on any atom is -0.394 e. The first kappa shape index (κ1) is 13.4. The molecule has 2 unspecified atom stereocenters. The summed E-state index contributed by atoms with van der Waals surface area (Å²) in [7, 11) is 0. The van der Waals surface area contributed by atoms with Crippen LogP contribution < -0.4 is 5.32 Å². The monoisotopic (exact) mass is 270 g/mol. The van der Waals surface area contributed by atoms with E-state index < -0.39 is 0 Å². The zero-order valence-corrected chi connectivity index (χ0v) is 12.0. The molecule has 1 fully saturated rings. The summed E-state index contributed by atoms with van der Waals surface area (Å²) >= 11 is 0. The molecule has 2 atom stereocenters. The van der Waals surface area contributed by atoms with Crippen LogP contribution in [0.1, 0.15) is 32.6 Å². The number of fused-ring (bicyclic) bond motifs is 1. The quantitative estimate of drug-likeness (QED) is 0.896. The van der Waals surface area contributed by atoms with Crippen LogP contribution in [0.15, 0.2) is 36.4 Å². The summed E-state index contributed by atoms with van der Waals surface area (Å²) in [5, 5.41) is 14.5. The number of benzene rings is 1. The number of nitrogens with zero attached hydrogens (tertiary/aromatic N) is 1. The van der Waals surface area contributed by atoms with Gasteiger partial charge >= 0.3 is 0 Å². The van der Waals surface area contributed by atoms with Crippen molar-refractivity contribution in [2.45, 2.75) is 38.1 Å². The second-order valence-corrected chi connectivity index (χ2v) is 6.15. The van der Waals surface area contributed by atoms with Crippen molar-refractivity contribution in [1.29, 1.82) is 0 Å². The molecule has 1 aromatic heterocycles. The number of rotatable bonds is 3. The van der Waals surface area contributed by atoms with E-state index in [0.717, 1.165) is 29.6 Å². The van der Waals surface area contributed by atoms with Gasteiger partial charge in [-0.1, -0.05) is 38.0 Å². The van der Waals surface area contributed by atoms with Crippen LogP contribution in [0.4, 0.5) is 5.82 Å². The second-order valence-electron chi connectivity index (χ2n) is 6.15. The van der Waals surface area contributed by atoms with E-state index in [1.165, 1.54) is 12.8 Å². The molecule has 3 rings (SSSR count). The van der Waals surface area contributed by atoms with Crippen molar-refractivity contribution in [3.63, 3.8) is 0 Å². The lowest BCUT2D eigenvalue weighted by molar-refractivity contribution is 0.149. The number of aromatic nitrogens is 1. The van der Waals surface area contributed by atoms with E-state index >= 15 is 0 Å². The molecule has 1 aromatic carbocycles. The van der Waals surface area contributed by atoms with Crippen LogP contribution in [0.3, 0.4) is 0 Å². The molecule has 3 nitrogen and oxygen atoms in total. The van der Waals surface area contributed by atoms with Crippen molar-refractivity contribution >= 4 is 16.7 Å². The van der Waals surface area contributed by atoms with E-state index in [4.69, 9.17) is 0 Å². The minimum absolute atomic E-state index is 0.172. The summed E-state index contributed by atoms with van der Waals surface area (Å²) in [6.07, 6.45) is 4.46. The van der Waals surface area contributed by atoms with E-state index in [0.29, 0.717) is 5.92 Å². The van der Waals surface area contributed by atoms with Crippen LogP contribution in [-0.2, 0) is 0 Å². The molecule has 1 aliphatic carbocycles. The van der Waals surface area contributed by atoms with Crippen LogP contribution in [0.25, 0.3) is 10.9 Å². The lowest BCUT2D eigenvalue weighted by Crippen LogP contribution is -2.46. The predicted octanol–water partition coefficient (Wildman–Crippen LogP) is 3.59. The van der Waals surface area contributed by atoms with Gasteiger partial charge in [0.05, 0.1) is 17.7 Å². The van der Waals surface area contributed by atoms with Gasteiger partial charge in [0, 0.05) is 5.39 Å². The molecule has 0 bridgehead atoms. The molecule has 1 heterocycles. The normalized spacial score (nSPS) is 26.6. The van der Waals surface area contributed by atoms with Crippen molar-refractivity contribution in [2.75, 3.05) is 11.9 Å². The lowest BCUT2D eigenvalue weighted by atomic mass is 9.77. The van der Waals surface area contributed by atoms with Gasteiger partial charge in [0.15, 0.2) is 0 Å². The first-order valence-corrected chi connectivity index (χ1v) is 7.46. The molecule has 20 heavy (non-hydrogen) atoms. The van der Waals surface area contributed by atoms with Crippen molar-refractivity contribution in [2.24, 2.45) is 5.92 Å². The molecule has 106 valence electrons. The molecular formula is C17H22N2O. The standard InChI is InChI=1S/C17H22N2O/c1-13-5-4-10-17(11-13,12-20)19-16-9-8-14-6-2-3-7-15(14)18-16/h2-3,6-9,13,20H,4-5,10-12H2,1H3,(H,18,19). The average Bonchev–Trinajstić information content (AvgIpc) is 2.47. The van der Waals surface area contributed by atoms with Crippen molar-refractivity contribution in [1.82, 2.24) is 4.98 Å². The zero-order chi connectivity index (χ0) is 14.0.